The summed E-state index contributed by atoms with van der Waals surface area (Å²) in [6, 6.07) is 44.1. The van der Waals surface area contributed by atoms with E-state index in [1.54, 1.807) is 26.0 Å². The van der Waals surface area contributed by atoms with Crippen LogP contribution in [0.2, 0.25) is 0 Å². The van der Waals surface area contributed by atoms with E-state index in [0.29, 0.717) is 70.8 Å². The van der Waals surface area contributed by atoms with Crippen LogP contribution in [0.3, 0.4) is 0 Å². The van der Waals surface area contributed by atoms with E-state index >= 15 is 52.7 Å². The Bertz CT molecular complexity index is 4160. The molecule has 0 aromatic heterocycles. The molecule has 0 spiro atoms. The van der Waals surface area contributed by atoms with Crippen molar-refractivity contribution in [3.63, 3.8) is 0 Å². The largest absolute Gasteiger partial charge is 0.457 e. The van der Waals surface area contributed by atoms with Crippen LogP contribution >= 0.6 is 0 Å². The smallest absolute Gasteiger partial charge is 0.411 e. The third-order valence-electron chi connectivity index (χ3n) is 15.6. The van der Waals surface area contributed by atoms with Gasteiger partial charge in [-0.2, -0.15) is 52.7 Å². The molecule has 0 bridgehead atoms. The number of benzene rings is 10. The van der Waals surface area contributed by atoms with Crippen molar-refractivity contribution >= 4 is 21.4 Å². The minimum Gasteiger partial charge on any atom is -0.457 e. The van der Waals surface area contributed by atoms with Crippen molar-refractivity contribution in [1.29, 1.82) is 0 Å². The molecule has 0 atom stereocenters. The summed E-state index contributed by atoms with van der Waals surface area (Å²) in [5.74, 6) is -0.983. The molecule has 10 aromatic rings. The number of hydrogen-bond acceptors (Lipinski definition) is 8. The van der Waals surface area contributed by atoms with Gasteiger partial charge in [0.15, 0.2) is 11.6 Å². The van der Waals surface area contributed by atoms with Crippen molar-refractivity contribution in [3.05, 3.63) is 297 Å². The van der Waals surface area contributed by atoms with Crippen LogP contribution < -0.4 is 18.9 Å². The number of halogens is 12. The first-order chi connectivity index (χ1) is 43.8. The zero-order valence-corrected chi connectivity index (χ0v) is 50.0. The molecule has 0 amide bonds. The van der Waals surface area contributed by atoms with Gasteiger partial charge in [0.25, 0.3) is 0 Å². The monoisotopic (exact) mass is 1300 g/mol. The highest BCUT2D eigenvalue weighted by Gasteiger charge is 2.73. The lowest BCUT2D eigenvalue weighted by molar-refractivity contribution is -0.290. The first-order valence-corrected chi connectivity index (χ1v) is 29.6. The zero-order chi connectivity index (χ0) is 67.1. The third-order valence-corrected chi connectivity index (χ3v) is 17.4. The van der Waals surface area contributed by atoms with Gasteiger partial charge >= 0.3 is 24.7 Å². The molecule has 8 nitrogen and oxygen atoms in total. The maximum absolute atomic E-state index is 15.1. The summed E-state index contributed by atoms with van der Waals surface area (Å²) in [6.07, 6.45) is -23.7. The van der Waals surface area contributed by atoms with Crippen molar-refractivity contribution in [1.82, 2.24) is 0 Å². The number of ether oxygens (including phenoxy) is 4. The Kier molecular flexibility index (Phi) is 17.8. The summed E-state index contributed by atoms with van der Waals surface area (Å²) in [5.41, 5.74) is -8.93. The lowest BCUT2D eigenvalue weighted by atomic mass is 9.73. The lowest BCUT2D eigenvalue weighted by Gasteiger charge is -2.38. The highest BCUT2D eigenvalue weighted by Crippen LogP contribution is 2.58. The van der Waals surface area contributed by atoms with E-state index in [0.717, 1.165) is 95.1 Å². The van der Waals surface area contributed by atoms with Crippen LogP contribution in [-0.4, -0.2) is 44.7 Å². The van der Waals surface area contributed by atoms with Gasteiger partial charge < -0.3 is 18.9 Å². The molecule has 0 aliphatic carbocycles. The van der Waals surface area contributed by atoms with Crippen LogP contribution in [0.25, 0.3) is 0 Å². The Morgan fingerprint density at radius 1 is 0.290 bits per heavy atom. The molecular formula is C72H50F12O8S. The van der Waals surface area contributed by atoms with Gasteiger partial charge in [0.05, 0.1) is 9.79 Å². The topological polar surface area (TPSA) is 105 Å². The van der Waals surface area contributed by atoms with Crippen LogP contribution in [0.4, 0.5) is 52.7 Å². The molecular weight excluding hydrogens is 1250 g/mol. The molecule has 476 valence electrons. The number of ketones is 2. The summed E-state index contributed by atoms with van der Waals surface area (Å²) < 4.78 is 231. The molecule has 10 rings (SSSR count). The number of rotatable bonds is 18. The highest BCUT2D eigenvalue weighted by atomic mass is 32.2. The summed E-state index contributed by atoms with van der Waals surface area (Å²) in [7, 11) is -4.32. The number of aryl methyl sites for hydroxylation is 4. The second-order valence-electron chi connectivity index (χ2n) is 21.8. The van der Waals surface area contributed by atoms with Crippen molar-refractivity contribution < 1.29 is 89.6 Å². The van der Waals surface area contributed by atoms with Crippen LogP contribution in [-0.2, 0) is 20.7 Å². The number of hydrogen-bond donors (Lipinski definition) is 0. The quantitative estimate of drug-likeness (QED) is 0.0618. The van der Waals surface area contributed by atoms with E-state index in [4.69, 9.17) is 18.9 Å². The fourth-order valence-electron chi connectivity index (χ4n) is 10.7. The van der Waals surface area contributed by atoms with Crippen LogP contribution in [0.5, 0.6) is 46.0 Å². The molecule has 0 fully saturated rings. The van der Waals surface area contributed by atoms with Gasteiger partial charge in [0, 0.05) is 22.3 Å². The zero-order valence-electron chi connectivity index (χ0n) is 49.1. The predicted molar refractivity (Wildman–Crippen MR) is 322 cm³/mol. The predicted octanol–water partition coefficient (Wildman–Crippen LogP) is 20.2. The Hall–Kier alpha value is -10.2. The Labute approximate surface area is 525 Å². The van der Waals surface area contributed by atoms with Gasteiger partial charge in [0.1, 0.15) is 46.0 Å². The Morgan fingerprint density at radius 2 is 0.495 bits per heavy atom. The second-order valence-corrected chi connectivity index (χ2v) is 23.7. The first-order valence-electron chi connectivity index (χ1n) is 28.1. The van der Waals surface area contributed by atoms with Gasteiger partial charge in [-0.25, -0.2) is 8.42 Å². The lowest BCUT2D eigenvalue weighted by Crippen LogP contribution is -2.54. The van der Waals surface area contributed by atoms with Crippen LogP contribution in [0.15, 0.2) is 240 Å². The minimum atomic E-state index is -5.94. The molecule has 0 saturated carbocycles. The molecule has 0 aliphatic rings. The molecule has 0 heterocycles. The van der Waals surface area contributed by atoms with E-state index in [2.05, 4.69) is 0 Å². The normalized spacial score (nSPS) is 12.5. The average Bonchev–Trinajstić information content (AvgIpc) is 0.726. The maximum Gasteiger partial charge on any atom is 0.411 e. The van der Waals surface area contributed by atoms with Gasteiger partial charge in [-0.3, -0.25) is 9.59 Å². The fourth-order valence-corrected chi connectivity index (χ4v) is 12.0. The summed E-state index contributed by atoms with van der Waals surface area (Å²) in [5, 5.41) is 0. The summed E-state index contributed by atoms with van der Waals surface area (Å²) >= 11 is 0. The van der Waals surface area contributed by atoms with Crippen LogP contribution in [0, 0.1) is 27.7 Å². The minimum absolute atomic E-state index is 0.0681. The molecule has 0 saturated heterocycles. The van der Waals surface area contributed by atoms with E-state index in [9.17, 15) is 18.0 Å². The first kappa shape index (κ1) is 65.8. The second kappa shape index (κ2) is 25.2. The van der Waals surface area contributed by atoms with E-state index in [1.165, 1.54) is 72.8 Å². The van der Waals surface area contributed by atoms with E-state index in [-0.39, 0.29) is 67.4 Å². The highest BCUT2D eigenvalue weighted by molar-refractivity contribution is 7.91. The average molecular weight is 1300 g/mol. The molecule has 0 N–H and O–H groups in total. The van der Waals surface area contributed by atoms with Gasteiger partial charge in [0.2, 0.25) is 20.7 Å². The van der Waals surface area contributed by atoms with Crippen molar-refractivity contribution in [3.8, 4) is 46.0 Å². The van der Waals surface area contributed by atoms with E-state index < -0.39 is 67.6 Å². The Morgan fingerprint density at radius 3 is 0.710 bits per heavy atom. The van der Waals surface area contributed by atoms with Crippen molar-refractivity contribution in [2.24, 2.45) is 0 Å². The SMILES string of the molecule is Cc1ccc(C)c(C(=O)c2ccc(Oc3ccc(C(c4ccc(Oc5ccc(S(=O)(=O)c6ccc(Oc7ccc(C(c8ccc(Oc9ccc(C(=O)c%10cc(C)ccc%10C)cc9)cc8)(C(F)(F)F)C(F)(F)F)cc7)cc6)cc5)cc4)(C(F)(F)F)C(F)(F)F)cc3)cc2)c1. The molecule has 0 unspecified atom stereocenters. The molecule has 10 aromatic carbocycles. The standard InChI is InChI=1S/C72H50F12O8S/c1-43-5-7-45(3)63(41-43)65(85)47-9-21-53(22-10-47)89-55-25-13-49(14-26-55)67(69(73,74)75,70(76,77)78)51-17-29-57(30-18-51)91-59-33-37-61(38-34-59)93(87,88)62-39-35-60(36-40-62)92-58-31-19-52(20-32-58)68(71(79,80)81,72(82,83)84)50-15-27-56(28-16-50)90-54-23-11-48(12-24-54)66(86)64-42-44(2)6-8-46(64)4/h5-42H,1-4H3. The molecule has 21 heteroatoms. The van der Waals surface area contributed by atoms with Gasteiger partial charge in [-0.15, -0.1) is 0 Å². The molecule has 0 aliphatic heterocycles. The number of carbonyl (C=O) groups excluding carboxylic acids is 2. The number of carbonyl (C=O) groups is 2. The number of alkyl halides is 12. The molecule has 93 heavy (non-hydrogen) atoms. The molecule has 0 radical (unpaired) electrons. The summed E-state index contributed by atoms with van der Waals surface area (Å²) in [6.45, 7) is 7.25. The van der Waals surface area contributed by atoms with Crippen LogP contribution in [0.1, 0.15) is 76.4 Å². The number of sulfone groups is 1. The Balaban J connectivity index is 0.786. The van der Waals surface area contributed by atoms with Gasteiger partial charge in [-0.05, 0) is 219 Å². The van der Waals surface area contributed by atoms with Crippen molar-refractivity contribution in [2.45, 2.75) is 73.0 Å². The maximum atomic E-state index is 15.1. The van der Waals surface area contributed by atoms with Crippen molar-refractivity contribution in [2.75, 3.05) is 0 Å². The van der Waals surface area contributed by atoms with Gasteiger partial charge in [-0.1, -0.05) is 83.9 Å². The summed E-state index contributed by atoms with van der Waals surface area (Å²) in [4.78, 5) is 25.7. The van der Waals surface area contributed by atoms with E-state index in [1.807, 2.05) is 38.1 Å². The fraction of sp³-hybridized carbons (Fsp3) is 0.139. The third kappa shape index (κ3) is 13.1.